The molecular weight excluding hydrogens is 248 g/mol. The van der Waals surface area contributed by atoms with Crippen LogP contribution in [0.2, 0.25) is 0 Å². The average Bonchev–Trinajstić information content (AvgIpc) is 2.84. The Bertz CT molecular complexity index is 380. The van der Waals surface area contributed by atoms with Gasteiger partial charge in [0.2, 0.25) is 0 Å². The van der Waals surface area contributed by atoms with Gasteiger partial charge in [-0.3, -0.25) is 0 Å². The fourth-order valence-electron chi connectivity index (χ4n) is 3.09. The molecule has 0 spiro atoms. The molecule has 0 radical (unpaired) electrons. The van der Waals surface area contributed by atoms with Crippen LogP contribution in [-0.4, -0.2) is 47.8 Å². The zero-order valence-electron chi connectivity index (χ0n) is 12.8. The highest BCUT2D eigenvalue weighted by molar-refractivity contribution is 5.14. The van der Waals surface area contributed by atoms with Gasteiger partial charge in [0, 0.05) is 25.2 Å². The van der Waals surface area contributed by atoms with Crippen LogP contribution in [-0.2, 0) is 6.42 Å². The fraction of sp³-hybridized carbons (Fsp3) is 0.647. The van der Waals surface area contributed by atoms with E-state index in [2.05, 4.69) is 47.5 Å². The number of aliphatic hydroxyl groups is 1. The van der Waals surface area contributed by atoms with Crippen LogP contribution < -0.4 is 5.32 Å². The largest absolute Gasteiger partial charge is 0.393 e. The van der Waals surface area contributed by atoms with Gasteiger partial charge in [0.05, 0.1) is 6.10 Å². The van der Waals surface area contributed by atoms with Crippen LogP contribution in [0.5, 0.6) is 0 Å². The van der Waals surface area contributed by atoms with Gasteiger partial charge in [-0.2, -0.15) is 0 Å². The summed E-state index contributed by atoms with van der Waals surface area (Å²) in [6, 6.07) is 11.7. The Morgan fingerprint density at radius 1 is 1.30 bits per heavy atom. The van der Waals surface area contributed by atoms with Gasteiger partial charge in [-0.1, -0.05) is 30.3 Å². The zero-order valence-corrected chi connectivity index (χ0v) is 12.8. The highest BCUT2D eigenvalue weighted by Gasteiger charge is 2.23. The highest BCUT2D eigenvalue weighted by Crippen LogP contribution is 2.12. The maximum absolute atomic E-state index is 9.41. The minimum Gasteiger partial charge on any atom is -0.393 e. The molecule has 0 aliphatic carbocycles. The van der Waals surface area contributed by atoms with Crippen molar-refractivity contribution in [3.63, 3.8) is 0 Å². The van der Waals surface area contributed by atoms with Crippen molar-refractivity contribution < 1.29 is 5.11 Å². The summed E-state index contributed by atoms with van der Waals surface area (Å²) >= 11 is 0. The van der Waals surface area contributed by atoms with Crippen LogP contribution >= 0.6 is 0 Å². The van der Waals surface area contributed by atoms with Crippen molar-refractivity contribution >= 4 is 0 Å². The first-order valence-corrected chi connectivity index (χ1v) is 7.84. The minimum absolute atomic E-state index is 0.215. The van der Waals surface area contributed by atoms with E-state index < -0.39 is 0 Å². The molecule has 3 unspecified atom stereocenters. The maximum atomic E-state index is 9.41. The van der Waals surface area contributed by atoms with Crippen molar-refractivity contribution in [2.75, 3.05) is 19.6 Å². The SMILES string of the molecule is CC(O)CC(C)NC1CCN(CCc2ccccc2)C1. The van der Waals surface area contributed by atoms with Crippen LogP contribution in [0, 0.1) is 0 Å². The third-order valence-electron chi connectivity index (χ3n) is 4.05. The lowest BCUT2D eigenvalue weighted by molar-refractivity contribution is 0.167. The Morgan fingerprint density at radius 3 is 2.75 bits per heavy atom. The van der Waals surface area contributed by atoms with Gasteiger partial charge in [-0.15, -0.1) is 0 Å². The predicted octanol–water partition coefficient (Wildman–Crippen LogP) is 2.05. The first-order chi connectivity index (χ1) is 9.63. The van der Waals surface area contributed by atoms with E-state index in [1.165, 1.54) is 18.5 Å². The van der Waals surface area contributed by atoms with Gasteiger partial charge in [-0.05, 0) is 45.2 Å². The van der Waals surface area contributed by atoms with Gasteiger partial charge < -0.3 is 15.3 Å². The van der Waals surface area contributed by atoms with Crippen LogP contribution in [0.4, 0.5) is 0 Å². The van der Waals surface area contributed by atoms with Crippen LogP contribution in [0.1, 0.15) is 32.3 Å². The lowest BCUT2D eigenvalue weighted by atomic mass is 10.1. The molecule has 3 nitrogen and oxygen atoms in total. The molecule has 2 rings (SSSR count). The van der Waals surface area contributed by atoms with E-state index in [4.69, 9.17) is 0 Å². The third kappa shape index (κ3) is 5.23. The number of aliphatic hydroxyl groups excluding tert-OH is 1. The molecule has 0 amide bonds. The number of rotatable bonds is 7. The van der Waals surface area contributed by atoms with Crippen molar-refractivity contribution in [2.45, 2.75) is 51.3 Å². The molecule has 0 saturated carbocycles. The molecule has 0 aromatic heterocycles. The summed E-state index contributed by atoms with van der Waals surface area (Å²) in [5.41, 5.74) is 1.42. The number of benzene rings is 1. The average molecular weight is 276 g/mol. The first kappa shape index (κ1) is 15.5. The lowest BCUT2D eigenvalue weighted by Gasteiger charge is -2.21. The fourth-order valence-corrected chi connectivity index (χ4v) is 3.09. The zero-order chi connectivity index (χ0) is 14.4. The van der Waals surface area contributed by atoms with Crippen molar-refractivity contribution in [1.29, 1.82) is 0 Å². The van der Waals surface area contributed by atoms with E-state index in [1.54, 1.807) is 0 Å². The highest BCUT2D eigenvalue weighted by atomic mass is 16.3. The van der Waals surface area contributed by atoms with E-state index in [1.807, 2.05) is 6.92 Å². The summed E-state index contributed by atoms with van der Waals surface area (Å²) in [6.07, 6.45) is 2.98. The smallest absolute Gasteiger partial charge is 0.0526 e. The molecule has 112 valence electrons. The van der Waals surface area contributed by atoms with E-state index in [0.717, 1.165) is 25.9 Å². The second-order valence-corrected chi connectivity index (χ2v) is 6.17. The van der Waals surface area contributed by atoms with Crippen LogP contribution in [0.15, 0.2) is 30.3 Å². The topological polar surface area (TPSA) is 35.5 Å². The molecule has 1 aromatic rings. The second kappa shape index (κ2) is 7.77. The number of nitrogens with one attached hydrogen (secondary N) is 1. The number of hydrogen-bond acceptors (Lipinski definition) is 3. The van der Waals surface area contributed by atoms with Crippen molar-refractivity contribution in [2.24, 2.45) is 0 Å². The number of nitrogens with zero attached hydrogens (tertiary/aromatic N) is 1. The van der Waals surface area contributed by atoms with Crippen LogP contribution in [0.3, 0.4) is 0 Å². The van der Waals surface area contributed by atoms with Crippen molar-refractivity contribution in [3.8, 4) is 0 Å². The Hall–Kier alpha value is -0.900. The minimum atomic E-state index is -0.215. The summed E-state index contributed by atoms with van der Waals surface area (Å²) in [7, 11) is 0. The summed E-state index contributed by atoms with van der Waals surface area (Å²) in [5, 5.41) is 13.0. The molecule has 3 heteroatoms. The van der Waals surface area contributed by atoms with E-state index in [0.29, 0.717) is 12.1 Å². The van der Waals surface area contributed by atoms with E-state index >= 15 is 0 Å². The Kier molecular flexibility index (Phi) is 6.02. The second-order valence-electron chi connectivity index (χ2n) is 6.17. The standard InChI is InChI=1S/C17H28N2O/c1-14(12-15(2)20)18-17-9-11-19(13-17)10-8-16-6-4-3-5-7-16/h3-7,14-15,17-18,20H,8-13H2,1-2H3. The molecule has 1 aliphatic rings. The Labute approximate surface area is 123 Å². The molecule has 1 fully saturated rings. The number of likely N-dealkylation sites (tertiary alicyclic amines) is 1. The normalized spacial score (nSPS) is 22.9. The summed E-state index contributed by atoms with van der Waals surface area (Å²) in [6.45, 7) is 7.49. The molecule has 3 atom stereocenters. The maximum Gasteiger partial charge on any atom is 0.0526 e. The van der Waals surface area contributed by atoms with Crippen LogP contribution in [0.25, 0.3) is 0 Å². The molecule has 1 aromatic carbocycles. The quantitative estimate of drug-likeness (QED) is 0.800. The van der Waals surface area contributed by atoms with Gasteiger partial charge in [0.25, 0.3) is 0 Å². The summed E-state index contributed by atoms with van der Waals surface area (Å²) in [5.74, 6) is 0. The van der Waals surface area contributed by atoms with E-state index in [9.17, 15) is 5.11 Å². The van der Waals surface area contributed by atoms with Gasteiger partial charge in [0.1, 0.15) is 0 Å². The monoisotopic (exact) mass is 276 g/mol. The summed E-state index contributed by atoms with van der Waals surface area (Å²) in [4.78, 5) is 2.54. The molecule has 1 aliphatic heterocycles. The molecule has 2 N–H and O–H groups in total. The van der Waals surface area contributed by atoms with E-state index in [-0.39, 0.29) is 6.10 Å². The summed E-state index contributed by atoms with van der Waals surface area (Å²) < 4.78 is 0. The predicted molar refractivity (Wildman–Crippen MR) is 83.9 cm³/mol. The molecule has 1 saturated heterocycles. The van der Waals surface area contributed by atoms with Crippen molar-refractivity contribution in [3.05, 3.63) is 35.9 Å². The lowest BCUT2D eigenvalue weighted by Crippen LogP contribution is -2.40. The van der Waals surface area contributed by atoms with Gasteiger partial charge in [-0.25, -0.2) is 0 Å². The van der Waals surface area contributed by atoms with Crippen molar-refractivity contribution in [1.82, 2.24) is 10.2 Å². The Morgan fingerprint density at radius 2 is 2.05 bits per heavy atom. The third-order valence-corrected chi connectivity index (χ3v) is 4.05. The Balaban J connectivity index is 1.67. The molecular formula is C17H28N2O. The number of hydrogen-bond donors (Lipinski definition) is 2. The molecule has 1 heterocycles. The first-order valence-electron chi connectivity index (χ1n) is 7.84. The molecule has 20 heavy (non-hydrogen) atoms. The van der Waals surface area contributed by atoms with Gasteiger partial charge >= 0.3 is 0 Å². The molecule has 0 bridgehead atoms. The van der Waals surface area contributed by atoms with Gasteiger partial charge in [0.15, 0.2) is 0 Å².